The van der Waals surface area contributed by atoms with Crippen LogP contribution < -0.4 is 20.7 Å². The van der Waals surface area contributed by atoms with E-state index in [9.17, 15) is 43.4 Å². The van der Waals surface area contributed by atoms with Crippen molar-refractivity contribution in [2.75, 3.05) is 13.8 Å². The number of ether oxygens (including phenoxy) is 3. The third-order valence-corrected chi connectivity index (χ3v) is 8.46. The molecule has 0 saturated heterocycles. The highest BCUT2D eigenvalue weighted by Gasteiger charge is 2.54. The maximum atomic E-state index is 13.7. The molecule has 2 aliphatic rings. The van der Waals surface area contributed by atoms with Crippen molar-refractivity contribution in [2.45, 2.75) is 50.9 Å². The van der Waals surface area contributed by atoms with E-state index in [-0.39, 0.29) is 39.7 Å². The molecule has 1 spiro atoms. The lowest BCUT2D eigenvalue weighted by molar-refractivity contribution is -0.143. The first-order valence-corrected chi connectivity index (χ1v) is 15.5. The van der Waals surface area contributed by atoms with E-state index in [1.165, 1.54) is 61.5 Å². The highest BCUT2D eigenvalue weighted by Crippen LogP contribution is 2.57. The number of carbonyl (C=O) groups is 6. The molecule has 0 radical (unpaired) electrons. The van der Waals surface area contributed by atoms with Crippen molar-refractivity contribution < 1.29 is 57.6 Å². The second kappa shape index (κ2) is 13.9. The Labute approximate surface area is 284 Å². The van der Waals surface area contributed by atoms with Gasteiger partial charge >= 0.3 is 11.9 Å². The molecule has 3 aromatic rings. The number of fused-ring (bicyclic) bond motifs is 6. The van der Waals surface area contributed by atoms with E-state index < -0.39 is 78.2 Å². The Morgan fingerprint density at radius 3 is 2.02 bits per heavy atom. The van der Waals surface area contributed by atoms with Crippen LogP contribution in [0.5, 0.6) is 23.0 Å². The van der Waals surface area contributed by atoms with Crippen molar-refractivity contribution in [1.82, 2.24) is 16.0 Å². The van der Waals surface area contributed by atoms with Gasteiger partial charge in [-0.25, -0.2) is 9.18 Å². The number of phenolic OH excluding ortho intramolecular Hbond substituents is 2. The van der Waals surface area contributed by atoms with Crippen molar-refractivity contribution in [1.29, 1.82) is 0 Å². The molecule has 0 aromatic heterocycles. The predicted octanol–water partition coefficient (Wildman–Crippen LogP) is 2.51. The maximum Gasteiger partial charge on any atom is 0.340 e. The summed E-state index contributed by atoms with van der Waals surface area (Å²) >= 11 is 0. The van der Waals surface area contributed by atoms with Gasteiger partial charge in [0.2, 0.25) is 11.8 Å². The van der Waals surface area contributed by atoms with Crippen LogP contribution in [0.3, 0.4) is 0 Å². The fourth-order valence-electron chi connectivity index (χ4n) is 5.85. The number of esters is 2. The first-order chi connectivity index (χ1) is 23.7. The molecule has 0 fully saturated rings. The zero-order valence-electron chi connectivity index (χ0n) is 27.4. The molecule has 262 valence electrons. The Kier molecular flexibility index (Phi) is 9.79. The molecule has 3 atom stereocenters. The summed E-state index contributed by atoms with van der Waals surface area (Å²) in [5.41, 5.74) is -0.444. The number of amides is 3. The smallest absolute Gasteiger partial charge is 0.340 e. The summed E-state index contributed by atoms with van der Waals surface area (Å²) in [7, 11) is 1.07. The molecule has 5 N–H and O–H groups in total. The van der Waals surface area contributed by atoms with Crippen LogP contribution >= 0.6 is 0 Å². The fourth-order valence-corrected chi connectivity index (χ4v) is 5.85. The Morgan fingerprint density at radius 1 is 0.840 bits per heavy atom. The highest BCUT2D eigenvalue weighted by atomic mass is 19.1. The number of hydrogen-bond acceptors (Lipinski definition) is 11. The molecular weight excluding hydrogens is 657 g/mol. The van der Waals surface area contributed by atoms with E-state index in [0.29, 0.717) is 11.1 Å². The van der Waals surface area contributed by atoms with Crippen molar-refractivity contribution in [3.8, 4) is 23.0 Å². The van der Waals surface area contributed by atoms with Gasteiger partial charge in [0.15, 0.2) is 11.4 Å². The van der Waals surface area contributed by atoms with Gasteiger partial charge < -0.3 is 40.4 Å². The molecule has 3 amide bonds. The maximum absolute atomic E-state index is 13.7. The highest BCUT2D eigenvalue weighted by molar-refractivity contribution is 6.02. The van der Waals surface area contributed by atoms with Crippen molar-refractivity contribution in [3.63, 3.8) is 0 Å². The third-order valence-electron chi connectivity index (χ3n) is 8.46. The van der Waals surface area contributed by atoms with Gasteiger partial charge in [-0.15, -0.1) is 0 Å². The summed E-state index contributed by atoms with van der Waals surface area (Å²) in [6.45, 7) is 3.19. The number of halogens is 1. The zero-order chi connectivity index (χ0) is 36.5. The van der Waals surface area contributed by atoms with Gasteiger partial charge in [-0.1, -0.05) is 13.8 Å². The van der Waals surface area contributed by atoms with Crippen LogP contribution in [0.15, 0.2) is 54.6 Å². The average Bonchev–Trinajstić information content (AvgIpc) is 3.36. The number of ketones is 1. The number of carbonyl (C=O) groups excluding carboxylic acids is 6. The van der Waals surface area contributed by atoms with Crippen molar-refractivity contribution in [2.24, 2.45) is 5.92 Å². The van der Waals surface area contributed by atoms with E-state index in [4.69, 9.17) is 9.47 Å². The van der Waals surface area contributed by atoms with Crippen LogP contribution in [-0.2, 0) is 34.3 Å². The van der Waals surface area contributed by atoms with Gasteiger partial charge in [0.25, 0.3) is 5.91 Å². The van der Waals surface area contributed by atoms with Crippen LogP contribution in [0.25, 0.3) is 0 Å². The summed E-state index contributed by atoms with van der Waals surface area (Å²) in [6.07, 6.45) is -0.607. The Balaban J connectivity index is 1.40. The number of phenols is 2. The Morgan fingerprint density at radius 2 is 1.46 bits per heavy atom. The van der Waals surface area contributed by atoms with Gasteiger partial charge in [0, 0.05) is 34.4 Å². The quantitative estimate of drug-likeness (QED) is 0.185. The van der Waals surface area contributed by atoms with E-state index in [2.05, 4.69) is 20.7 Å². The first-order valence-electron chi connectivity index (χ1n) is 15.5. The van der Waals surface area contributed by atoms with Crippen LogP contribution in [0.1, 0.15) is 64.6 Å². The average molecular weight is 692 g/mol. The van der Waals surface area contributed by atoms with Gasteiger partial charge in [0.05, 0.1) is 19.1 Å². The van der Waals surface area contributed by atoms with Crippen LogP contribution in [0.2, 0.25) is 0 Å². The molecule has 0 unspecified atom stereocenters. The largest absolute Gasteiger partial charge is 0.508 e. The fraction of sp³-hybridized carbons (Fsp3) is 0.314. The Bertz CT molecular complexity index is 1860. The van der Waals surface area contributed by atoms with Crippen LogP contribution in [-0.4, -0.2) is 77.6 Å². The molecular formula is C35H34FN3O11. The number of nitrogens with one attached hydrogen (secondary N) is 3. The van der Waals surface area contributed by atoms with E-state index >= 15 is 0 Å². The predicted molar refractivity (Wildman–Crippen MR) is 171 cm³/mol. The minimum Gasteiger partial charge on any atom is -0.508 e. The Hall–Kier alpha value is -5.99. The van der Waals surface area contributed by atoms with Gasteiger partial charge in [-0.3, -0.25) is 24.0 Å². The summed E-state index contributed by atoms with van der Waals surface area (Å²) in [6, 6.07) is 8.80. The van der Waals surface area contributed by atoms with Gasteiger partial charge in [-0.05, 0) is 55.3 Å². The van der Waals surface area contributed by atoms with E-state index in [0.717, 1.165) is 7.11 Å². The van der Waals surface area contributed by atoms with E-state index in [1.54, 1.807) is 13.8 Å². The van der Waals surface area contributed by atoms with Gasteiger partial charge in [-0.2, -0.15) is 0 Å². The summed E-state index contributed by atoms with van der Waals surface area (Å²) in [5.74, 6) is -5.37. The second-order valence-electron chi connectivity index (χ2n) is 12.2. The molecule has 15 heteroatoms. The number of Topliss-reactive ketones (excluding diaryl/α,β-unsaturated/α-hetero) is 1. The number of methoxy groups -OCH3 is 1. The standard InChI is InChI=1S/C35H34FN3O11/c1-16(2)30(33(46)37-17(3)31(44)38-25(26(42)15-36)14-29(43)48-4)39-32(45)18-5-8-21-24(11-18)35(50-34(21)47)22-9-6-19(40)12-27(22)49-28-13-20(41)7-10-23(28)35/h5-13,16-17,25,30,40-41H,14-15H2,1-4H3,(H,37,46)(H,38,44)(H,39,45)/t17-,25-,30-/m0/s1. The summed E-state index contributed by atoms with van der Waals surface area (Å²) < 4.78 is 29.5. The molecule has 14 nitrogen and oxygen atoms in total. The summed E-state index contributed by atoms with van der Waals surface area (Å²) in [5, 5.41) is 27.7. The number of alkyl halides is 1. The minimum absolute atomic E-state index is 0.0493. The molecule has 2 aliphatic heterocycles. The molecule has 0 bridgehead atoms. The summed E-state index contributed by atoms with van der Waals surface area (Å²) in [4.78, 5) is 76.7. The molecule has 0 saturated carbocycles. The number of aromatic hydroxyl groups is 2. The van der Waals surface area contributed by atoms with Crippen LogP contribution in [0.4, 0.5) is 4.39 Å². The molecule has 0 aliphatic carbocycles. The molecule has 5 rings (SSSR count). The van der Waals surface area contributed by atoms with Crippen molar-refractivity contribution in [3.05, 3.63) is 82.4 Å². The lowest BCUT2D eigenvalue weighted by Gasteiger charge is -2.36. The minimum atomic E-state index is -1.63. The van der Waals surface area contributed by atoms with Gasteiger partial charge in [0.1, 0.15) is 47.8 Å². The third kappa shape index (κ3) is 6.53. The van der Waals surface area contributed by atoms with E-state index in [1.807, 2.05) is 0 Å². The first kappa shape index (κ1) is 35.3. The molecule has 50 heavy (non-hydrogen) atoms. The number of rotatable bonds is 11. The lowest BCUT2D eigenvalue weighted by atomic mass is 9.77. The van der Waals surface area contributed by atoms with Crippen LogP contribution in [0, 0.1) is 5.92 Å². The molecule has 2 heterocycles. The normalized spacial score (nSPS) is 15.3. The lowest BCUT2D eigenvalue weighted by Crippen LogP contribution is -2.56. The molecule has 3 aromatic carbocycles. The topological polar surface area (TPSA) is 207 Å². The monoisotopic (exact) mass is 691 g/mol. The number of benzene rings is 3. The SMILES string of the molecule is COC(=O)C[C@H](NC(=O)[C@H](C)NC(=O)[C@@H](NC(=O)c1ccc2c(c1)C1(OC2=O)c2ccc(O)cc2Oc2cc(O)ccc21)C(C)C)C(=O)CF. The zero-order valence-corrected chi connectivity index (χ0v) is 27.4. The second-order valence-corrected chi connectivity index (χ2v) is 12.2. The number of hydrogen-bond donors (Lipinski definition) is 5. The van der Waals surface area contributed by atoms with Crippen molar-refractivity contribution >= 4 is 35.4 Å².